The maximum absolute atomic E-state index is 15.8. The van der Waals surface area contributed by atoms with Gasteiger partial charge in [0.05, 0.1) is 17.8 Å². The molecule has 0 spiro atoms. The van der Waals surface area contributed by atoms with E-state index in [-0.39, 0.29) is 23.9 Å². The van der Waals surface area contributed by atoms with Gasteiger partial charge >= 0.3 is 0 Å². The Morgan fingerprint density at radius 3 is 2.73 bits per heavy atom. The summed E-state index contributed by atoms with van der Waals surface area (Å²) in [6, 6.07) is 8.88. The smallest absolute Gasteiger partial charge is 0.254 e. The number of likely N-dealkylation sites (tertiary alicyclic amines) is 1. The van der Waals surface area contributed by atoms with Gasteiger partial charge in [-0.25, -0.2) is 14.4 Å². The van der Waals surface area contributed by atoms with Crippen molar-refractivity contribution in [1.29, 1.82) is 0 Å². The maximum atomic E-state index is 15.8. The SMILES string of the molecule is COCCn1c(-c2cc3cccnc3n2CC2CC2)nc2cc(C(=O)N3C[C@@H](C)C(N)C3C)cc(F)c21. The van der Waals surface area contributed by atoms with Crippen molar-refractivity contribution in [3.05, 3.63) is 47.9 Å². The van der Waals surface area contributed by atoms with Gasteiger partial charge in [-0.05, 0) is 61.9 Å². The van der Waals surface area contributed by atoms with E-state index in [1.54, 1.807) is 24.3 Å². The topological polar surface area (TPSA) is 91.2 Å². The van der Waals surface area contributed by atoms with Crippen molar-refractivity contribution in [1.82, 2.24) is 24.0 Å². The summed E-state index contributed by atoms with van der Waals surface area (Å²) < 4.78 is 25.2. The number of carbonyl (C=O) groups excluding carboxylic acids is 1. The number of carbonyl (C=O) groups is 1. The van der Waals surface area contributed by atoms with Crippen LogP contribution in [-0.2, 0) is 17.8 Å². The zero-order chi connectivity index (χ0) is 25.8. The molecule has 3 aromatic heterocycles. The summed E-state index contributed by atoms with van der Waals surface area (Å²) in [5.41, 5.74) is 9.18. The molecule has 1 amide bonds. The normalized spacial score (nSPS) is 22.0. The first-order chi connectivity index (χ1) is 17.9. The fourth-order valence-corrected chi connectivity index (χ4v) is 5.67. The molecule has 1 aromatic carbocycles. The van der Waals surface area contributed by atoms with Crippen LogP contribution < -0.4 is 5.73 Å². The second-order valence-electron chi connectivity index (χ2n) is 10.7. The minimum Gasteiger partial charge on any atom is -0.383 e. The highest BCUT2D eigenvalue weighted by Gasteiger charge is 2.37. The Bertz CT molecular complexity index is 1490. The molecule has 6 rings (SSSR count). The third-order valence-electron chi connectivity index (χ3n) is 8.03. The number of halogens is 1. The molecule has 9 heteroatoms. The second-order valence-corrected chi connectivity index (χ2v) is 10.7. The van der Waals surface area contributed by atoms with Crippen LogP contribution in [0.3, 0.4) is 0 Å². The van der Waals surface area contributed by atoms with E-state index in [0.29, 0.717) is 48.0 Å². The molecule has 37 heavy (non-hydrogen) atoms. The fraction of sp³-hybridized carbons (Fsp3) is 0.464. The Morgan fingerprint density at radius 2 is 2.03 bits per heavy atom. The third-order valence-corrected chi connectivity index (χ3v) is 8.03. The Balaban J connectivity index is 1.49. The number of nitrogens with two attached hydrogens (primary N) is 1. The molecule has 0 bridgehead atoms. The van der Waals surface area contributed by atoms with Gasteiger partial charge in [0.25, 0.3) is 5.91 Å². The van der Waals surface area contributed by atoms with Crippen LogP contribution in [0.1, 0.15) is 37.0 Å². The van der Waals surface area contributed by atoms with E-state index < -0.39 is 5.82 Å². The van der Waals surface area contributed by atoms with E-state index in [1.807, 2.05) is 30.5 Å². The molecule has 2 unspecified atom stereocenters. The van der Waals surface area contributed by atoms with Crippen LogP contribution in [0.2, 0.25) is 0 Å². The van der Waals surface area contributed by atoms with Crippen molar-refractivity contribution >= 4 is 28.0 Å². The van der Waals surface area contributed by atoms with Gasteiger partial charge in [0, 0.05) is 56.0 Å². The van der Waals surface area contributed by atoms with Gasteiger partial charge in [0.2, 0.25) is 0 Å². The van der Waals surface area contributed by atoms with Gasteiger partial charge in [-0.2, -0.15) is 0 Å². The number of amides is 1. The molecule has 1 aliphatic heterocycles. The molecule has 8 nitrogen and oxygen atoms in total. The first-order valence-electron chi connectivity index (χ1n) is 13.1. The predicted octanol–water partition coefficient (Wildman–Crippen LogP) is 4.06. The van der Waals surface area contributed by atoms with E-state index in [4.69, 9.17) is 15.5 Å². The summed E-state index contributed by atoms with van der Waals surface area (Å²) in [5.74, 6) is 0.773. The lowest BCUT2D eigenvalue weighted by atomic mass is 10.0. The third kappa shape index (κ3) is 4.10. The van der Waals surface area contributed by atoms with E-state index in [9.17, 15) is 4.79 Å². The van der Waals surface area contributed by atoms with Gasteiger partial charge in [0.1, 0.15) is 17.0 Å². The maximum Gasteiger partial charge on any atom is 0.254 e. The number of methoxy groups -OCH3 is 1. The molecule has 4 heterocycles. The predicted molar refractivity (Wildman–Crippen MR) is 141 cm³/mol. The molecule has 2 aliphatic rings. The van der Waals surface area contributed by atoms with Gasteiger partial charge < -0.3 is 24.5 Å². The lowest BCUT2D eigenvalue weighted by Gasteiger charge is -2.23. The van der Waals surface area contributed by atoms with E-state index in [2.05, 4.69) is 15.6 Å². The van der Waals surface area contributed by atoms with Crippen LogP contribution in [0.5, 0.6) is 0 Å². The minimum atomic E-state index is -0.470. The fourth-order valence-electron chi connectivity index (χ4n) is 5.67. The molecular weight excluding hydrogens is 471 g/mol. The molecular formula is C28H33FN6O2. The first-order valence-corrected chi connectivity index (χ1v) is 13.1. The molecule has 1 saturated carbocycles. The quantitative estimate of drug-likeness (QED) is 0.410. The highest BCUT2D eigenvalue weighted by atomic mass is 19.1. The van der Waals surface area contributed by atoms with E-state index >= 15 is 4.39 Å². The van der Waals surface area contributed by atoms with Crippen LogP contribution in [0.4, 0.5) is 4.39 Å². The number of benzene rings is 1. The Morgan fingerprint density at radius 1 is 1.22 bits per heavy atom. The highest BCUT2D eigenvalue weighted by molar-refractivity contribution is 5.98. The number of fused-ring (bicyclic) bond motifs is 2. The van der Waals surface area contributed by atoms with Gasteiger partial charge in [-0.1, -0.05) is 6.92 Å². The van der Waals surface area contributed by atoms with E-state index in [1.165, 1.54) is 18.9 Å². The summed E-state index contributed by atoms with van der Waals surface area (Å²) in [6.45, 7) is 6.23. The summed E-state index contributed by atoms with van der Waals surface area (Å²) >= 11 is 0. The van der Waals surface area contributed by atoms with Crippen molar-refractivity contribution in [3.63, 3.8) is 0 Å². The monoisotopic (exact) mass is 504 g/mol. The molecule has 194 valence electrons. The summed E-state index contributed by atoms with van der Waals surface area (Å²) in [6.07, 6.45) is 4.19. The number of pyridine rings is 1. The molecule has 1 saturated heterocycles. The number of ether oxygens (including phenoxy) is 1. The summed E-state index contributed by atoms with van der Waals surface area (Å²) in [4.78, 5) is 24.7. The first kappa shape index (κ1) is 24.1. The number of hydrogen-bond acceptors (Lipinski definition) is 5. The van der Waals surface area contributed by atoms with E-state index in [0.717, 1.165) is 23.3 Å². The standard InChI is InChI=1S/C28H33FN6O2/c1-16-14-34(17(2)24(16)30)28(36)20-11-21(29)25-22(12-20)32-27(33(25)9-10-37-3)23-13-19-5-4-8-31-26(19)35(23)15-18-6-7-18/h4-5,8,11-13,16-18,24H,6-7,9-10,14-15,30H2,1-3H3/t16-,17?,24?/m1/s1. The number of aromatic nitrogens is 4. The van der Waals surface area contributed by atoms with Crippen LogP contribution in [-0.4, -0.2) is 62.3 Å². The second kappa shape index (κ2) is 9.22. The zero-order valence-electron chi connectivity index (χ0n) is 21.5. The van der Waals surface area contributed by atoms with Crippen molar-refractivity contribution in [2.24, 2.45) is 17.6 Å². The average molecular weight is 505 g/mol. The lowest BCUT2D eigenvalue weighted by Crippen LogP contribution is -2.41. The van der Waals surface area contributed by atoms with Gasteiger partial charge in [-0.3, -0.25) is 4.79 Å². The van der Waals surface area contributed by atoms with Crippen molar-refractivity contribution in [2.75, 3.05) is 20.3 Å². The molecule has 0 radical (unpaired) electrons. The summed E-state index contributed by atoms with van der Waals surface area (Å²) in [7, 11) is 1.63. The highest BCUT2D eigenvalue weighted by Crippen LogP contribution is 2.37. The molecule has 1 aliphatic carbocycles. The van der Waals surface area contributed by atoms with Gasteiger partial charge in [0.15, 0.2) is 5.82 Å². The Kier molecular flexibility index (Phi) is 6.00. The largest absolute Gasteiger partial charge is 0.383 e. The van der Waals surface area contributed by atoms with Crippen LogP contribution in [0.25, 0.3) is 33.6 Å². The zero-order valence-corrected chi connectivity index (χ0v) is 21.5. The van der Waals surface area contributed by atoms with Gasteiger partial charge in [-0.15, -0.1) is 0 Å². The molecule has 2 N–H and O–H groups in total. The molecule has 4 aromatic rings. The van der Waals surface area contributed by atoms with Crippen LogP contribution >= 0.6 is 0 Å². The van der Waals surface area contributed by atoms with Crippen LogP contribution in [0, 0.1) is 17.7 Å². The lowest BCUT2D eigenvalue weighted by molar-refractivity contribution is 0.0739. The number of nitrogens with zero attached hydrogens (tertiary/aromatic N) is 5. The molecule has 2 fully saturated rings. The molecule has 3 atom stereocenters. The number of hydrogen-bond donors (Lipinski definition) is 1. The Hall–Kier alpha value is -3.30. The van der Waals surface area contributed by atoms with Crippen molar-refractivity contribution in [3.8, 4) is 11.5 Å². The van der Waals surface area contributed by atoms with Crippen LogP contribution in [0.15, 0.2) is 36.5 Å². The van der Waals surface area contributed by atoms with Crippen molar-refractivity contribution in [2.45, 2.75) is 51.9 Å². The van der Waals surface area contributed by atoms with Crippen molar-refractivity contribution < 1.29 is 13.9 Å². The minimum absolute atomic E-state index is 0.0978. The number of imidazole rings is 1. The average Bonchev–Trinajstić information content (AvgIpc) is 3.46. The Labute approximate surface area is 215 Å². The summed E-state index contributed by atoms with van der Waals surface area (Å²) in [5, 5.41) is 1.02. The number of rotatable bonds is 7.